The number of anilines is 1. The van der Waals surface area contributed by atoms with Gasteiger partial charge in [0.1, 0.15) is 0 Å². The van der Waals surface area contributed by atoms with Crippen molar-refractivity contribution in [3.63, 3.8) is 0 Å². The van der Waals surface area contributed by atoms with Crippen molar-refractivity contribution in [3.05, 3.63) is 28.8 Å². The summed E-state index contributed by atoms with van der Waals surface area (Å²) in [6.45, 7) is 10.1. The lowest BCUT2D eigenvalue weighted by Gasteiger charge is -2.31. The van der Waals surface area contributed by atoms with E-state index in [1.54, 1.807) is 0 Å². The molecule has 0 aromatic heterocycles. The molecule has 28 heavy (non-hydrogen) atoms. The van der Waals surface area contributed by atoms with E-state index in [-0.39, 0.29) is 24.3 Å². The Balaban J connectivity index is 1.70. The van der Waals surface area contributed by atoms with Crippen LogP contribution in [0.2, 0.25) is 0 Å². The lowest BCUT2D eigenvalue weighted by Crippen LogP contribution is -2.44. The van der Waals surface area contributed by atoms with E-state index in [9.17, 15) is 14.4 Å². The molecular formula is C21H32N4O3. The second kappa shape index (κ2) is 10.2. The molecule has 1 aliphatic heterocycles. The van der Waals surface area contributed by atoms with E-state index in [2.05, 4.69) is 20.9 Å². The van der Waals surface area contributed by atoms with Crippen LogP contribution in [0.4, 0.5) is 5.69 Å². The van der Waals surface area contributed by atoms with Gasteiger partial charge >= 0.3 is 0 Å². The standard InChI is InChI=1S/C21H32N4O3/c1-14-9-15(2)21(16(3)10-14)24-19(27)12-23-20(28)13-25-7-5-18(6-8-25)11-22-17(4)26/h9-10,18H,5-8,11-13H2,1-4H3,(H,22,26)(H,23,28)(H,24,27). The number of rotatable bonds is 7. The third-order valence-electron chi connectivity index (χ3n) is 5.10. The van der Waals surface area contributed by atoms with Gasteiger partial charge in [0.15, 0.2) is 0 Å². The number of amides is 3. The van der Waals surface area contributed by atoms with Gasteiger partial charge in [-0.05, 0) is 63.7 Å². The zero-order chi connectivity index (χ0) is 20.7. The van der Waals surface area contributed by atoms with Gasteiger partial charge in [-0.3, -0.25) is 19.3 Å². The van der Waals surface area contributed by atoms with Crippen molar-refractivity contribution in [2.75, 3.05) is 38.0 Å². The molecule has 0 radical (unpaired) electrons. The van der Waals surface area contributed by atoms with Gasteiger partial charge in [0.05, 0.1) is 13.1 Å². The summed E-state index contributed by atoms with van der Waals surface area (Å²) in [5.74, 6) is 0.0938. The average Bonchev–Trinajstić information content (AvgIpc) is 2.62. The van der Waals surface area contributed by atoms with Crippen molar-refractivity contribution < 1.29 is 14.4 Å². The summed E-state index contributed by atoms with van der Waals surface area (Å²) in [4.78, 5) is 37.4. The van der Waals surface area contributed by atoms with Crippen LogP contribution in [0.1, 0.15) is 36.5 Å². The second-order valence-corrected chi connectivity index (χ2v) is 7.76. The summed E-state index contributed by atoms with van der Waals surface area (Å²) in [5, 5.41) is 8.45. The number of nitrogens with one attached hydrogen (secondary N) is 3. The molecule has 2 rings (SSSR count). The quantitative estimate of drug-likeness (QED) is 0.660. The molecule has 0 aliphatic carbocycles. The highest BCUT2D eigenvalue weighted by atomic mass is 16.2. The number of benzene rings is 1. The largest absolute Gasteiger partial charge is 0.356 e. The molecule has 154 valence electrons. The molecule has 0 saturated carbocycles. The fraction of sp³-hybridized carbons (Fsp3) is 0.571. The summed E-state index contributed by atoms with van der Waals surface area (Å²) in [6.07, 6.45) is 1.92. The summed E-state index contributed by atoms with van der Waals surface area (Å²) < 4.78 is 0. The Hall–Kier alpha value is -2.41. The van der Waals surface area contributed by atoms with E-state index in [0.717, 1.165) is 48.3 Å². The van der Waals surface area contributed by atoms with E-state index < -0.39 is 0 Å². The van der Waals surface area contributed by atoms with E-state index >= 15 is 0 Å². The molecule has 0 bridgehead atoms. The summed E-state index contributed by atoms with van der Waals surface area (Å²) >= 11 is 0. The van der Waals surface area contributed by atoms with Gasteiger partial charge in [0.2, 0.25) is 17.7 Å². The predicted molar refractivity (Wildman–Crippen MR) is 110 cm³/mol. The number of hydrogen-bond donors (Lipinski definition) is 3. The highest BCUT2D eigenvalue weighted by molar-refractivity contribution is 5.96. The van der Waals surface area contributed by atoms with Crippen molar-refractivity contribution in [2.45, 2.75) is 40.5 Å². The Kier molecular flexibility index (Phi) is 7.99. The smallest absolute Gasteiger partial charge is 0.243 e. The van der Waals surface area contributed by atoms with Crippen LogP contribution in [0.5, 0.6) is 0 Å². The lowest BCUT2D eigenvalue weighted by molar-refractivity contribution is -0.125. The van der Waals surface area contributed by atoms with Gasteiger partial charge in [-0.25, -0.2) is 0 Å². The van der Waals surface area contributed by atoms with Crippen LogP contribution in [-0.4, -0.2) is 55.3 Å². The van der Waals surface area contributed by atoms with Crippen LogP contribution in [0, 0.1) is 26.7 Å². The Morgan fingerprint density at radius 3 is 2.18 bits per heavy atom. The molecule has 3 amide bonds. The van der Waals surface area contributed by atoms with Crippen molar-refractivity contribution in [3.8, 4) is 0 Å². The Morgan fingerprint density at radius 2 is 1.61 bits per heavy atom. The first-order valence-corrected chi connectivity index (χ1v) is 9.85. The molecular weight excluding hydrogens is 356 g/mol. The average molecular weight is 389 g/mol. The molecule has 1 heterocycles. The van der Waals surface area contributed by atoms with Crippen LogP contribution >= 0.6 is 0 Å². The molecule has 1 aliphatic rings. The Labute approximate surface area is 167 Å². The van der Waals surface area contributed by atoms with Crippen LogP contribution < -0.4 is 16.0 Å². The Bertz CT molecular complexity index is 701. The zero-order valence-corrected chi connectivity index (χ0v) is 17.4. The van der Waals surface area contributed by atoms with E-state index in [1.807, 2.05) is 32.9 Å². The van der Waals surface area contributed by atoms with E-state index in [0.29, 0.717) is 19.0 Å². The molecule has 0 spiro atoms. The van der Waals surface area contributed by atoms with Crippen LogP contribution in [0.25, 0.3) is 0 Å². The van der Waals surface area contributed by atoms with Crippen LogP contribution in [-0.2, 0) is 14.4 Å². The number of likely N-dealkylation sites (tertiary alicyclic amines) is 1. The first-order valence-electron chi connectivity index (χ1n) is 9.85. The minimum absolute atomic E-state index is 0.00360. The monoisotopic (exact) mass is 388 g/mol. The predicted octanol–water partition coefficient (Wildman–Crippen LogP) is 1.51. The molecule has 1 aromatic rings. The third kappa shape index (κ3) is 6.96. The molecule has 0 unspecified atom stereocenters. The topological polar surface area (TPSA) is 90.5 Å². The number of nitrogens with zero attached hydrogens (tertiary/aromatic N) is 1. The molecule has 1 aromatic carbocycles. The van der Waals surface area contributed by atoms with Gasteiger partial charge in [0.25, 0.3) is 0 Å². The first kappa shape index (κ1) is 21.9. The maximum absolute atomic E-state index is 12.2. The number of piperidine rings is 1. The van der Waals surface area contributed by atoms with Gasteiger partial charge in [0, 0.05) is 19.2 Å². The molecule has 3 N–H and O–H groups in total. The van der Waals surface area contributed by atoms with Gasteiger partial charge in [-0.15, -0.1) is 0 Å². The fourth-order valence-electron chi connectivity index (χ4n) is 3.64. The number of hydrogen-bond acceptors (Lipinski definition) is 4. The number of aryl methyl sites for hydroxylation is 3. The van der Waals surface area contributed by atoms with Gasteiger partial charge in [-0.1, -0.05) is 17.7 Å². The van der Waals surface area contributed by atoms with Crippen LogP contribution in [0.3, 0.4) is 0 Å². The first-order chi connectivity index (χ1) is 13.2. The molecule has 1 fully saturated rings. The summed E-state index contributed by atoms with van der Waals surface area (Å²) in [5.41, 5.74) is 3.99. The fourth-order valence-corrected chi connectivity index (χ4v) is 3.64. The summed E-state index contributed by atoms with van der Waals surface area (Å²) in [7, 11) is 0. The van der Waals surface area contributed by atoms with E-state index in [1.165, 1.54) is 6.92 Å². The minimum Gasteiger partial charge on any atom is -0.356 e. The van der Waals surface area contributed by atoms with E-state index in [4.69, 9.17) is 0 Å². The van der Waals surface area contributed by atoms with Gasteiger partial charge < -0.3 is 16.0 Å². The normalized spacial score (nSPS) is 15.1. The highest BCUT2D eigenvalue weighted by Gasteiger charge is 2.21. The zero-order valence-electron chi connectivity index (χ0n) is 17.4. The van der Waals surface area contributed by atoms with Crippen molar-refractivity contribution in [1.29, 1.82) is 0 Å². The highest BCUT2D eigenvalue weighted by Crippen LogP contribution is 2.21. The van der Waals surface area contributed by atoms with Crippen molar-refractivity contribution >= 4 is 23.4 Å². The van der Waals surface area contributed by atoms with Crippen molar-refractivity contribution in [1.82, 2.24) is 15.5 Å². The summed E-state index contributed by atoms with van der Waals surface area (Å²) in [6, 6.07) is 4.05. The number of carbonyl (C=O) groups is 3. The maximum atomic E-state index is 12.2. The lowest BCUT2D eigenvalue weighted by atomic mass is 9.97. The van der Waals surface area contributed by atoms with Crippen molar-refractivity contribution in [2.24, 2.45) is 5.92 Å². The maximum Gasteiger partial charge on any atom is 0.243 e. The van der Waals surface area contributed by atoms with Gasteiger partial charge in [-0.2, -0.15) is 0 Å². The second-order valence-electron chi connectivity index (χ2n) is 7.76. The molecule has 0 atom stereocenters. The minimum atomic E-state index is -0.225. The Morgan fingerprint density at radius 1 is 1.00 bits per heavy atom. The molecule has 1 saturated heterocycles. The van der Waals surface area contributed by atoms with Crippen LogP contribution in [0.15, 0.2) is 12.1 Å². The third-order valence-corrected chi connectivity index (χ3v) is 5.10. The SMILES string of the molecule is CC(=O)NCC1CCN(CC(=O)NCC(=O)Nc2c(C)cc(C)cc2C)CC1. The molecule has 7 heteroatoms. The number of carbonyl (C=O) groups excluding carboxylic acids is 3. The molecule has 7 nitrogen and oxygen atoms in total.